The Morgan fingerprint density at radius 3 is 3.00 bits per heavy atom. The minimum atomic E-state index is -0.438. The first kappa shape index (κ1) is 13.0. The normalized spacial score (nSPS) is 20.2. The molecule has 1 heterocycles. The maximum Gasteiger partial charge on any atom is 0.142 e. The Labute approximate surface area is 111 Å². The first-order valence-electron chi connectivity index (χ1n) is 5.87. The van der Waals surface area contributed by atoms with Gasteiger partial charge in [0.25, 0.3) is 0 Å². The molecule has 1 aromatic rings. The summed E-state index contributed by atoms with van der Waals surface area (Å²) in [5, 5.41) is 3.14. The monoisotopic (exact) mass is 270 g/mol. The lowest BCUT2D eigenvalue weighted by atomic mass is 10.0. The van der Waals surface area contributed by atoms with Gasteiger partial charge in [0.2, 0.25) is 0 Å². The zero-order chi connectivity index (χ0) is 13.1. The van der Waals surface area contributed by atoms with Gasteiger partial charge in [0.05, 0.1) is 16.9 Å². The van der Waals surface area contributed by atoms with E-state index in [1.165, 1.54) is 12.1 Å². The number of ether oxygens (including phenoxy) is 1. The van der Waals surface area contributed by atoms with Gasteiger partial charge in [-0.05, 0) is 31.6 Å². The molecular formula is C13H16ClFN2O. The first-order valence-corrected chi connectivity index (χ1v) is 6.25. The van der Waals surface area contributed by atoms with Crippen molar-refractivity contribution in [3.63, 3.8) is 0 Å². The Morgan fingerprint density at radius 2 is 2.39 bits per heavy atom. The quantitative estimate of drug-likeness (QED) is 0.884. The summed E-state index contributed by atoms with van der Waals surface area (Å²) in [5.74, 6) is 1.23. The number of rotatable bonds is 4. The SMILES string of the molecule is C[C@H](C[C@H]1C=C(N)NC1)Oc1ccc(F)c(Cl)c1. The molecule has 2 atom stereocenters. The predicted octanol–water partition coefficient (Wildman–Crippen LogP) is 2.66. The molecule has 1 aromatic carbocycles. The second-order valence-corrected chi connectivity index (χ2v) is 4.91. The van der Waals surface area contributed by atoms with Gasteiger partial charge < -0.3 is 15.8 Å². The third kappa shape index (κ3) is 3.29. The fourth-order valence-electron chi connectivity index (χ4n) is 2.03. The third-order valence-electron chi connectivity index (χ3n) is 2.85. The highest BCUT2D eigenvalue weighted by molar-refractivity contribution is 6.30. The van der Waals surface area contributed by atoms with Crippen molar-refractivity contribution in [1.29, 1.82) is 0 Å². The van der Waals surface area contributed by atoms with E-state index in [2.05, 4.69) is 5.32 Å². The Morgan fingerprint density at radius 1 is 1.61 bits per heavy atom. The molecule has 1 aliphatic rings. The molecule has 2 rings (SSSR count). The van der Waals surface area contributed by atoms with Crippen molar-refractivity contribution in [3.05, 3.63) is 40.9 Å². The number of nitrogens with one attached hydrogen (secondary N) is 1. The molecule has 0 saturated heterocycles. The van der Waals surface area contributed by atoms with Crippen LogP contribution in [-0.2, 0) is 0 Å². The molecule has 0 spiro atoms. The van der Waals surface area contributed by atoms with Crippen molar-refractivity contribution < 1.29 is 9.13 Å². The number of benzene rings is 1. The van der Waals surface area contributed by atoms with E-state index in [9.17, 15) is 4.39 Å². The molecule has 5 heteroatoms. The fourth-order valence-corrected chi connectivity index (χ4v) is 2.20. The largest absolute Gasteiger partial charge is 0.491 e. The van der Waals surface area contributed by atoms with E-state index < -0.39 is 5.82 Å². The van der Waals surface area contributed by atoms with Crippen LogP contribution >= 0.6 is 11.6 Å². The van der Waals surface area contributed by atoms with Crippen molar-refractivity contribution in [2.24, 2.45) is 11.7 Å². The van der Waals surface area contributed by atoms with Gasteiger partial charge in [-0.15, -0.1) is 0 Å². The zero-order valence-electron chi connectivity index (χ0n) is 10.1. The second-order valence-electron chi connectivity index (χ2n) is 4.50. The average molecular weight is 271 g/mol. The van der Waals surface area contributed by atoms with E-state index in [1.807, 2.05) is 13.0 Å². The zero-order valence-corrected chi connectivity index (χ0v) is 10.9. The van der Waals surface area contributed by atoms with E-state index in [0.717, 1.165) is 18.8 Å². The molecule has 0 aromatic heterocycles. The van der Waals surface area contributed by atoms with Gasteiger partial charge >= 0.3 is 0 Å². The van der Waals surface area contributed by atoms with Crippen LogP contribution in [0.1, 0.15) is 13.3 Å². The van der Waals surface area contributed by atoms with Crippen molar-refractivity contribution in [1.82, 2.24) is 5.32 Å². The summed E-state index contributed by atoms with van der Waals surface area (Å²) in [6.45, 7) is 2.81. The van der Waals surface area contributed by atoms with Gasteiger partial charge in [0.15, 0.2) is 0 Å². The second kappa shape index (κ2) is 5.48. The summed E-state index contributed by atoms with van der Waals surface area (Å²) in [6.07, 6.45) is 2.86. The van der Waals surface area contributed by atoms with Crippen molar-refractivity contribution in [2.45, 2.75) is 19.4 Å². The number of halogens is 2. The molecule has 0 unspecified atom stereocenters. The molecule has 0 aliphatic carbocycles. The van der Waals surface area contributed by atoms with Crippen LogP contribution in [0.5, 0.6) is 5.75 Å². The van der Waals surface area contributed by atoms with Crippen LogP contribution in [0, 0.1) is 11.7 Å². The van der Waals surface area contributed by atoms with Crippen molar-refractivity contribution >= 4 is 11.6 Å². The molecule has 3 N–H and O–H groups in total. The lowest BCUT2D eigenvalue weighted by Gasteiger charge is -2.17. The molecule has 98 valence electrons. The minimum Gasteiger partial charge on any atom is -0.491 e. The molecule has 0 saturated carbocycles. The Kier molecular flexibility index (Phi) is 3.97. The van der Waals surface area contributed by atoms with E-state index in [4.69, 9.17) is 22.1 Å². The van der Waals surface area contributed by atoms with Crippen LogP contribution in [-0.4, -0.2) is 12.6 Å². The smallest absolute Gasteiger partial charge is 0.142 e. The van der Waals surface area contributed by atoms with Gasteiger partial charge in [-0.3, -0.25) is 0 Å². The van der Waals surface area contributed by atoms with E-state index >= 15 is 0 Å². The van der Waals surface area contributed by atoms with Crippen LogP contribution in [0.3, 0.4) is 0 Å². The fraction of sp³-hybridized carbons (Fsp3) is 0.385. The molecule has 1 aliphatic heterocycles. The summed E-state index contributed by atoms with van der Waals surface area (Å²) in [6, 6.07) is 4.37. The molecule has 0 fully saturated rings. The minimum absolute atomic E-state index is 0.0143. The molecule has 0 bridgehead atoms. The highest BCUT2D eigenvalue weighted by atomic mass is 35.5. The highest BCUT2D eigenvalue weighted by Crippen LogP contribution is 2.23. The standard InChI is InChI=1S/C13H16ClFN2O/c1-8(4-9-5-13(16)17-7-9)18-10-2-3-12(15)11(14)6-10/h2-3,5-6,8-9,17H,4,7,16H2,1H3/t8-,9+/m1/s1. The summed E-state index contributed by atoms with van der Waals surface area (Å²) in [7, 11) is 0. The van der Waals surface area contributed by atoms with Crippen LogP contribution in [0.25, 0.3) is 0 Å². The van der Waals surface area contributed by atoms with Crippen LogP contribution < -0.4 is 15.8 Å². The average Bonchev–Trinajstić information content (AvgIpc) is 2.69. The highest BCUT2D eigenvalue weighted by Gasteiger charge is 2.17. The number of hydrogen-bond donors (Lipinski definition) is 2. The van der Waals surface area contributed by atoms with Crippen LogP contribution in [0.2, 0.25) is 5.02 Å². The lowest BCUT2D eigenvalue weighted by molar-refractivity contribution is 0.196. The summed E-state index contributed by atoms with van der Waals surface area (Å²) in [5.41, 5.74) is 5.64. The summed E-state index contributed by atoms with van der Waals surface area (Å²) < 4.78 is 18.7. The Hall–Kier alpha value is -1.42. The van der Waals surface area contributed by atoms with Crippen LogP contribution in [0.15, 0.2) is 30.1 Å². The number of nitrogens with two attached hydrogens (primary N) is 1. The maximum absolute atomic E-state index is 13.0. The topological polar surface area (TPSA) is 47.3 Å². The van der Waals surface area contributed by atoms with Gasteiger partial charge in [-0.2, -0.15) is 0 Å². The molecule has 18 heavy (non-hydrogen) atoms. The Bertz CT molecular complexity index is 464. The van der Waals surface area contributed by atoms with Crippen LogP contribution in [0.4, 0.5) is 4.39 Å². The van der Waals surface area contributed by atoms with E-state index in [0.29, 0.717) is 11.7 Å². The van der Waals surface area contributed by atoms with E-state index in [-0.39, 0.29) is 11.1 Å². The van der Waals surface area contributed by atoms with Gasteiger partial charge in [-0.1, -0.05) is 11.6 Å². The maximum atomic E-state index is 13.0. The van der Waals surface area contributed by atoms with Gasteiger partial charge in [-0.25, -0.2) is 4.39 Å². The summed E-state index contributed by atoms with van der Waals surface area (Å²) >= 11 is 5.70. The van der Waals surface area contributed by atoms with E-state index in [1.54, 1.807) is 6.07 Å². The first-order chi connectivity index (χ1) is 8.54. The molecule has 0 amide bonds. The summed E-state index contributed by atoms with van der Waals surface area (Å²) in [4.78, 5) is 0. The van der Waals surface area contributed by atoms with Crippen molar-refractivity contribution in [2.75, 3.05) is 6.54 Å². The number of hydrogen-bond acceptors (Lipinski definition) is 3. The van der Waals surface area contributed by atoms with Gasteiger partial charge in [0, 0.05) is 18.5 Å². The molecular weight excluding hydrogens is 255 g/mol. The Balaban J connectivity index is 1.90. The molecule has 0 radical (unpaired) electrons. The third-order valence-corrected chi connectivity index (χ3v) is 3.14. The lowest BCUT2D eigenvalue weighted by Crippen LogP contribution is -2.21. The molecule has 3 nitrogen and oxygen atoms in total. The van der Waals surface area contributed by atoms with Crippen molar-refractivity contribution in [3.8, 4) is 5.75 Å². The van der Waals surface area contributed by atoms with Gasteiger partial charge in [0.1, 0.15) is 11.6 Å². The predicted molar refractivity (Wildman–Crippen MR) is 69.9 cm³/mol.